The lowest BCUT2D eigenvalue weighted by molar-refractivity contribution is 0.0851. The SMILES string of the molecule is Cc1cccc(-c2nn3c(c2-c2ccnc(-c4nc5c(n4COCC[Si](C)(C)C)CN(S(C)(=O)=O)CC5)c2)CCC3)n1. The Morgan fingerprint density at radius 3 is 2.62 bits per heavy atom. The zero-order chi connectivity index (χ0) is 29.6. The highest BCUT2D eigenvalue weighted by molar-refractivity contribution is 7.88. The third-order valence-corrected chi connectivity index (χ3v) is 11.0. The van der Waals surface area contributed by atoms with Crippen LogP contribution in [0.5, 0.6) is 0 Å². The van der Waals surface area contributed by atoms with Gasteiger partial charge in [0.25, 0.3) is 0 Å². The Morgan fingerprint density at radius 2 is 1.86 bits per heavy atom. The van der Waals surface area contributed by atoms with Crippen molar-refractivity contribution in [2.75, 3.05) is 19.4 Å². The molecule has 0 saturated carbocycles. The van der Waals surface area contributed by atoms with Crippen molar-refractivity contribution < 1.29 is 13.2 Å². The van der Waals surface area contributed by atoms with Gasteiger partial charge in [-0.05, 0) is 55.6 Å². The van der Waals surface area contributed by atoms with Crippen molar-refractivity contribution in [3.8, 4) is 34.0 Å². The molecule has 0 atom stereocenters. The standard InChI is InChI=1S/C30H39N7O3SSi/c1-21-8-6-9-24(32-21)29-28(26-10-7-14-37(26)34-29)22-11-13-31-25(18-22)30-33-23-12-15-35(41(2,38)39)19-27(23)36(30)20-40-16-17-42(3,4)5/h6,8-9,11,13,18H,7,10,12,14-17,19-20H2,1-5H3. The molecular weight excluding hydrogens is 567 g/mol. The Morgan fingerprint density at radius 1 is 1.02 bits per heavy atom. The van der Waals surface area contributed by atoms with Gasteiger partial charge < -0.3 is 9.30 Å². The third kappa shape index (κ3) is 5.85. The lowest BCUT2D eigenvalue weighted by Crippen LogP contribution is -2.36. The maximum Gasteiger partial charge on any atom is 0.211 e. The van der Waals surface area contributed by atoms with Gasteiger partial charge >= 0.3 is 0 Å². The van der Waals surface area contributed by atoms with Crippen molar-refractivity contribution in [2.24, 2.45) is 0 Å². The van der Waals surface area contributed by atoms with Crippen molar-refractivity contribution in [2.45, 2.75) is 71.7 Å². The Hall–Kier alpha value is -3.19. The maximum atomic E-state index is 12.4. The molecule has 0 aromatic carbocycles. The van der Waals surface area contributed by atoms with Crippen LogP contribution in [0.1, 0.15) is 29.2 Å². The highest BCUT2D eigenvalue weighted by atomic mass is 32.2. The Labute approximate surface area is 248 Å². The fraction of sp³-hybridized carbons (Fsp3) is 0.467. The number of imidazole rings is 1. The third-order valence-electron chi connectivity index (χ3n) is 8.02. The number of fused-ring (bicyclic) bond motifs is 2. The van der Waals surface area contributed by atoms with E-state index < -0.39 is 18.1 Å². The van der Waals surface area contributed by atoms with Gasteiger partial charge in [-0.15, -0.1) is 0 Å². The quantitative estimate of drug-likeness (QED) is 0.200. The summed E-state index contributed by atoms with van der Waals surface area (Å²) in [6.45, 7) is 11.5. The molecule has 0 spiro atoms. The van der Waals surface area contributed by atoms with Crippen LogP contribution in [0, 0.1) is 6.92 Å². The van der Waals surface area contributed by atoms with Crippen molar-refractivity contribution >= 4 is 18.1 Å². The Kier molecular flexibility index (Phi) is 7.67. The van der Waals surface area contributed by atoms with E-state index in [9.17, 15) is 8.42 Å². The number of aromatic nitrogens is 6. The first-order chi connectivity index (χ1) is 20.0. The first-order valence-corrected chi connectivity index (χ1v) is 20.2. The van der Waals surface area contributed by atoms with Crippen LogP contribution in [0.2, 0.25) is 25.7 Å². The number of rotatable bonds is 9. The van der Waals surface area contributed by atoms with E-state index in [1.54, 1.807) is 0 Å². The Bertz CT molecular complexity index is 1740. The summed E-state index contributed by atoms with van der Waals surface area (Å²) >= 11 is 0. The lowest BCUT2D eigenvalue weighted by Gasteiger charge is -2.25. The summed E-state index contributed by atoms with van der Waals surface area (Å²) in [5.74, 6) is 0.698. The van der Waals surface area contributed by atoms with Gasteiger partial charge in [0.05, 0.1) is 29.9 Å². The number of pyridine rings is 2. The molecular formula is C30H39N7O3SSi. The predicted molar refractivity (Wildman–Crippen MR) is 166 cm³/mol. The van der Waals surface area contributed by atoms with Crippen LogP contribution < -0.4 is 0 Å². The number of nitrogens with zero attached hydrogens (tertiary/aromatic N) is 7. The van der Waals surface area contributed by atoms with E-state index in [-0.39, 0.29) is 6.54 Å². The van der Waals surface area contributed by atoms with Gasteiger partial charge in [-0.1, -0.05) is 25.7 Å². The average Bonchev–Trinajstić information content (AvgIpc) is 3.63. The summed E-state index contributed by atoms with van der Waals surface area (Å²) in [4.78, 5) is 14.6. The molecule has 6 heterocycles. The fourth-order valence-electron chi connectivity index (χ4n) is 5.74. The molecule has 4 aromatic heterocycles. The van der Waals surface area contributed by atoms with E-state index in [1.165, 1.54) is 16.3 Å². The van der Waals surface area contributed by atoms with Gasteiger partial charge in [0, 0.05) is 57.3 Å². The van der Waals surface area contributed by atoms with Crippen molar-refractivity contribution in [3.63, 3.8) is 0 Å². The summed E-state index contributed by atoms with van der Waals surface area (Å²) < 4.78 is 36.7. The summed E-state index contributed by atoms with van der Waals surface area (Å²) in [5.41, 5.74) is 8.52. The minimum absolute atomic E-state index is 0.276. The molecule has 0 saturated heterocycles. The van der Waals surface area contributed by atoms with Crippen LogP contribution >= 0.6 is 0 Å². The van der Waals surface area contributed by atoms with Gasteiger partial charge in [-0.2, -0.15) is 9.40 Å². The van der Waals surface area contributed by atoms with Crippen molar-refractivity contribution in [1.82, 2.24) is 33.6 Å². The molecule has 0 fully saturated rings. The van der Waals surface area contributed by atoms with E-state index in [4.69, 9.17) is 24.8 Å². The molecule has 0 bridgehead atoms. The average molecular weight is 606 g/mol. The highest BCUT2D eigenvalue weighted by Gasteiger charge is 2.30. The van der Waals surface area contributed by atoms with Crippen LogP contribution in [-0.2, 0) is 47.4 Å². The monoisotopic (exact) mass is 605 g/mol. The van der Waals surface area contributed by atoms with Gasteiger partial charge in [-0.3, -0.25) is 14.6 Å². The van der Waals surface area contributed by atoms with E-state index in [2.05, 4.69) is 30.4 Å². The van der Waals surface area contributed by atoms with Gasteiger partial charge in [0.2, 0.25) is 10.0 Å². The molecule has 222 valence electrons. The smallest absolute Gasteiger partial charge is 0.211 e. The van der Waals surface area contributed by atoms with Crippen LogP contribution in [0.3, 0.4) is 0 Å². The molecule has 0 radical (unpaired) electrons. The topological polar surface area (TPSA) is 108 Å². The molecule has 0 aliphatic carbocycles. The molecule has 2 aliphatic heterocycles. The molecule has 2 aliphatic rings. The largest absolute Gasteiger partial charge is 0.361 e. The van der Waals surface area contributed by atoms with Crippen LogP contribution in [0.4, 0.5) is 0 Å². The van der Waals surface area contributed by atoms with Gasteiger partial charge in [-0.25, -0.2) is 13.4 Å². The summed E-state index contributed by atoms with van der Waals surface area (Å²) in [5, 5.41) is 4.99. The predicted octanol–water partition coefficient (Wildman–Crippen LogP) is 4.76. The zero-order valence-electron chi connectivity index (χ0n) is 25.1. The number of sulfonamides is 1. The van der Waals surface area contributed by atoms with Crippen LogP contribution in [0.15, 0.2) is 36.5 Å². The first-order valence-electron chi connectivity index (χ1n) is 14.6. The van der Waals surface area contributed by atoms with E-state index in [0.29, 0.717) is 32.1 Å². The lowest BCUT2D eigenvalue weighted by atomic mass is 10.00. The van der Waals surface area contributed by atoms with Gasteiger partial charge in [0.1, 0.15) is 18.1 Å². The highest BCUT2D eigenvalue weighted by Crippen LogP contribution is 2.38. The second-order valence-electron chi connectivity index (χ2n) is 12.5. The maximum absolute atomic E-state index is 12.4. The minimum atomic E-state index is -3.34. The van der Waals surface area contributed by atoms with Crippen LogP contribution in [-0.4, -0.2) is 69.5 Å². The van der Waals surface area contributed by atoms with Crippen LogP contribution in [0.25, 0.3) is 34.0 Å². The minimum Gasteiger partial charge on any atom is -0.361 e. The van der Waals surface area contributed by atoms with Crippen molar-refractivity contribution in [3.05, 3.63) is 59.3 Å². The molecule has 0 amide bonds. The van der Waals surface area contributed by atoms with E-state index >= 15 is 0 Å². The Balaban J connectivity index is 1.42. The number of aryl methyl sites for hydroxylation is 2. The zero-order valence-corrected chi connectivity index (χ0v) is 26.9. The van der Waals surface area contributed by atoms with Gasteiger partial charge in [0.15, 0.2) is 5.82 Å². The normalized spacial score (nSPS) is 15.6. The van der Waals surface area contributed by atoms with Crippen molar-refractivity contribution in [1.29, 1.82) is 0 Å². The van der Waals surface area contributed by atoms with E-state index in [0.717, 1.165) is 70.7 Å². The molecule has 6 rings (SSSR count). The fourth-order valence-corrected chi connectivity index (χ4v) is 7.28. The summed E-state index contributed by atoms with van der Waals surface area (Å²) in [6.07, 6.45) is 5.67. The summed E-state index contributed by atoms with van der Waals surface area (Å²) in [6, 6.07) is 11.2. The molecule has 4 aromatic rings. The molecule has 42 heavy (non-hydrogen) atoms. The number of ether oxygens (including phenoxy) is 1. The second kappa shape index (κ2) is 11.1. The number of hydrogen-bond acceptors (Lipinski definition) is 7. The van der Waals surface area contributed by atoms with E-state index in [1.807, 2.05) is 42.0 Å². The molecule has 10 nitrogen and oxygen atoms in total. The summed E-state index contributed by atoms with van der Waals surface area (Å²) in [7, 11) is -4.60. The molecule has 0 N–H and O–H groups in total. The second-order valence-corrected chi connectivity index (χ2v) is 20.1. The number of hydrogen-bond donors (Lipinski definition) is 0. The molecule has 0 unspecified atom stereocenters. The first kappa shape index (κ1) is 28.9. The molecule has 12 heteroatoms.